The molecule has 0 aliphatic carbocycles. The van der Waals surface area contributed by atoms with Gasteiger partial charge < -0.3 is 23.9 Å². The zero-order chi connectivity index (χ0) is 18.4. The Kier molecular flexibility index (Phi) is 6.44. The molecule has 0 aromatic heterocycles. The molecule has 0 spiro atoms. The first-order valence-electron chi connectivity index (χ1n) is 7.35. The summed E-state index contributed by atoms with van der Waals surface area (Å²) in [4.78, 5) is 0. The predicted octanol–water partition coefficient (Wildman–Crippen LogP) is 2.90. The average Bonchev–Trinajstić information content (AvgIpc) is 2.61. The molecular formula is C18H19O6S-. The van der Waals surface area contributed by atoms with E-state index in [0.717, 1.165) is 0 Å². The number of phenols is 1. The Balaban J connectivity index is 2.67. The minimum atomic E-state index is -2.26. The summed E-state index contributed by atoms with van der Waals surface area (Å²) in [6.45, 7) is 0. The lowest BCUT2D eigenvalue weighted by atomic mass is 10.0. The Hall–Kier alpha value is -2.51. The Morgan fingerprint density at radius 3 is 2.20 bits per heavy atom. The van der Waals surface area contributed by atoms with Crippen LogP contribution in [0, 0.1) is 0 Å². The second-order valence-electron chi connectivity index (χ2n) is 5.08. The fourth-order valence-corrected chi connectivity index (χ4v) is 2.93. The summed E-state index contributed by atoms with van der Waals surface area (Å²) >= 11 is -2.26. The molecule has 0 amide bonds. The summed E-state index contributed by atoms with van der Waals surface area (Å²) in [6.07, 6.45) is 0. The summed E-state index contributed by atoms with van der Waals surface area (Å²) in [5.74, 6) is 1.30. The highest BCUT2D eigenvalue weighted by Gasteiger charge is 2.18. The van der Waals surface area contributed by atoms with Gasteiger partial charge in [-0.05, 0) is 42.0 Å². The number of methoxy groups -OCH3 is 3. The highest BCUT2D eigenvalue weighted by atomic mass is 32.2. The van der Waals surface area contributed by atoms with Crippen LogP contribution in [0.2, 0.25) is 0 Å². The first kappa shape index (κ1) is 18.8. The van der Waals surface area contributed by atoms with Crippen molar-refractivity contribution in [1.82, 2.24) is 0 Å². The van der Waals surface area contributed by atoms with E-state index in [4.69, 9.17) is 14.2 Å². The molecule has 134 valence electrons. The van der Waals surface area contributed by atoms with Gasteiger partial charge in [-0.2, -0.15) is 0 Å². The quantitative estimate of drug-likeness (QED) is 0.462. The molecule has 0 fully saturated rings. The van der Waals surface area contributed by atoms with E-state index >= 15 is 0 Å². The van der Waals surface area contributed by atoms with Crippen molar-refractivity contribution in [3.05, 3.63) is 59.2 Å². The van der Waals surface area contributed by atoms with Crippen LogP contribution in [0.1, 0.15) is 16.7 Å². The van der Waals surface area contributed by atoms with Crippen LogP contribution in [0.5, 0.6) is 11.5 Å². The van der Waals surface area contributed by atoms with E-state index in [0.29, 0.717) is 34.0 Å². The summed E-state index contributed by atoms with van der Waals surface area (Å²) in [6, 6.07) is 11.5. The van der Waals surface area contributed by atoms with Gasteiger partial charge in [0.25, 0.3) is 0 Å². The number of rotatable bonds is 7. The SMILES string of the molecule is COC(=C(OC)c1cc(OC)ccc1CS(=O)[O-])c1ccc(O)cc1. The molecule has 6 nitrogen and oxygen atoms in total. The Bertz CT molecular complexity index is 783. The van der Waals surface area contributed by atoms with Crippen LogP contribution in [0.25, 0.3) is 11.5 Å². The molecule has 0 saturated heterocycles. The van der Waals surface area contributed by atoms with Gasteiger partial charge in [-0.1, -0.05) is 17.1 Å². The van der Waals surface area contributed by atoms with Crippen molar-refractivity contribution in [1.29, 1.82) is 0 Å². The van der Waals surface area contributed by atoms with Gasteiger partial charge in [-0.3, -0.25) is 4.21 Å². The maximum absolute atomic E-state index is 11.2. The summed E-state index contributed by atoms with van der Waals surface area (Å²) in [5, 5.41) is 9.46. The lowest BCUT2D eigenvalue weighted by Crippen LogP contribution is -2.03. The Morgan fingerprint density at radius 2 is 1.68 bits per heavy atom. The molecule has 1 atom stereocenters. The Labute approximate surface area is 149 Å². The highest BCUT2D eigenvalue weighted by molar-refractivity contribution is 7.78. The van der Waals surface area contributed by atoms with E-state index in [2.05, 4.69) is 0 Å². The second-order valence-corrected chi connectivity index (χ2v) is 5.98. The minimum Gasteiger partial charge on any atom is -0.772 e. The third kappa shape index (κ3) is 4.52. The molecule has 2 aromatic carbocycles. The van der Waals surface area contributed by atoms with E-state index in [1.54, 1.807) is 30.3 Å². The third-order valence-corrected chi connectivity index (χ3v) is 4.13. The molecular weight excluding hydrogens is 344 g/mol. The molecule has 1 unspecified atom stereocenters. The fraction of sp³-hybridized carbons (Fsp3) is 0.222. The van der Waals surface area contributed by atoms with Crippen LogP contribution < -0.4 is 4.74 Å². The normalized spacial score (nSPS) is 13.0. The van der Waals surface area contributed by atoms with Crippen LogP contribution in [-0.4, -0.2) is 35.2 Å². The maximum Gasteiger partial charge on any atom is 0.168 e. The van der Waals surface area contributed by atoms with Gasteiger partial charge >= 0.3 is 0 Å². The molecule has 2 rings (SSSR count). The first-order chi connectivity index (χ1) is 12.0. The summed E-state index contributed by atoms with van der Waals surface area (Å²) < 4.78 is 38.6. The van der Waals surface area contributed by atoms with Gasteiger partial charge in [-0.15, -0.1) is 0 Å². The summed E-state index contributed by atoms with van der Waals surface area (Å²) in [7, 11) is 4.50. The molecule has 0 aliphatic heterocycles. The molecule has 1 N–H and O–H groups in total. The molecule has 0 heterocycles. The van der Waals surface area contributed by atoms with Gasteiger partial charge in [0.1, 0.15) is 11.5 Å². The molecule has 0 bridgehead atoms. The fourth-order valence-electron chi connectivity index (χ4n) is 2.43. The smallest absolute Gasteiger partial charge is 0.168 e. The zero-order valence-electron chi connectivity index (χ0n) is 14.1. The van der Waals surface area contributed by atoms with Crippen molar-refractivity contribution in [3.8, 4) is 11.5 Å². The standard InChI is InChI=1S/C18H20O6S/c1-22-15-9-6-13(11-25(20)21)16(10-15)18(24-3)17(23-2)12-4-7-14(19)8-5-12/h4-10,19H,11H2,1-3H3,(H,20,21)/p-1. The molecule has 0 aliphatic rings. The Morgan fingerprint density at radius 1 is 1.04 bits per heavy atom. The molecule has 0 radical (unpaired) electrons. The maximum atomic E-state index is 11.2. The molecule has 0 saturated carbocycles. The van der Waals surface area contributed by atoms with E-state index < -0.39 is 11.1 Å². The van der Waals surface area contributed by atoms with E-state index in [1.165, 1.54) is 33.5 Å². The van der Waals surface area contributed by atoms with Crippen LogP contribution >= 0.6 is 0 Å². The van der Waals surface area contributed by atoms with Gasteiger partial charge in [0, 0.05) is 16.9 Å². The number of hydrogen-bond acceptors (Lipinski definition) is 6. The van der Waals surface area contributed by atoms with Crippen molar-refractivity contribution in [2.75, 3.05) is 21.3 Å². The number of phenolic OH excluding ortho intramolecular Hbond substituents is 1. The summed E-state index contributed by atoms with van der Waals surface area (Å²) in [5.41, 5.74) is 1.78. The second kappa shape index (κ2) is 8.55. The number of benzene rings is 2. The van der Waals surface area contributed by atoms with Crippen molar-refractivity contribution in [3.63, 3.8) is 0 Å². The average molecular weight is 363 g/mol. The van der Waals surface area contributed by atoms with Crippen molar-refractivity contribution in [2.45, 2.75) is 5.75 Å². The van der Waals surface area contributed by atoms with Crippen LogP contribution in [0.4, 0.5) is 0 Å². The third-order valence-electron chi connectivity index (χ3n) is 3.58. The number of ether oxygens (including phenoxy) is 3. The van der Waals surface area contributed by atoms with Crippen LogP contribution in [-0.2, 0) is 26.3 Å². The monoisotopic (exact) mass is 363 g/mol. The van der Waals surface area contributed by atoms with Crippen molar-refractivity contribution < 1.29 is 28.1 Å². The number of hydrogen-bond donors (Lipinski definition) is 1. The molecule has 7 heteroatoms. The van der Waals surface area contributed by atoms with Crippen molar-refractivity contribution in [2.24, 2.45) is 0 Å². The lowest BCUT2D eigenvalue weighted by Gasteiger charge is -2.18. The highest BCUT2D eigenvalue weighted by Crippen LogP contribution is 2.33. The molecule has 25 heavy (non-hydrogen) atoms. The van der Waals surface area contributed by atoms with Gasteiger partial charge in [0.05, 0.1) is 21.3 Å². The zero-order valence-corrected chi connectivity index (χ0v) is 15.0. The lowest BCUT2D eigenvalue weighted by molar-refractivity contribution is 0.328. The van der Waals surface area contributed by atoms with Gasteiger partial charge in [0.15, 0.2) is 11.5 Å². The van der Waals surface area contributed by atoms with E-state index in [-0.39, 0.29) is 11.5 Å². The largest absolute Gasteiger partial charge is 0.772 e. The van der Waals surface area contributed by atoms with E-state index in [1.807, 2.05) is 0 Å². The topological polar surface area (TPSA) is 88.1 Å². The van der Waals surface area contributed by atoms with Crippen LogP contribution in [0.3, 0.4) is 0 Å². The predicted molar refractivity (Wildman–Crippen MR) is 94.6 cm³/mol. The van der Waals surface area contributed by atoms with Gasteiger partial charge in [-0.25, -0.2) is 0 Å². The van der Waals surface area contributed by atoms with E-state index in [9.17, 15) is 13.9 Å². The minimum absolute atomic E-state index is 0.127. The number of aromatic hydroxyl groups is 1. The van der Waals surface area contributed by atoms with Gasteiger partial charge in [0.2, 0.25) is 0 Å². The molecule has 2 aromatic rings. The van der Waals surface area contributed by atoms with Crippen LogP contribution in [0.15, 0.2) is 42.5 Å². The van der Waals surface area contributed by atoms with Crippen molar-refractivity contribution >= 4 is 22.6 Å². The first-order valence-corrected chi connectivity index (χ1v) is 8.59.